The maximum absolute atomic E-state index is 11.6. The lowest BCUT2D eigenvalue weighted by Crippen LogP contribution is -2.39. The monoisotopic (exact) mass is 277 g/mol. The summed E-state index contributed by atoms with van der Waals surface area (Å²) in [6.07, 6.45) is 4.15. The van der Waals surface area contributed by atoms with E-state index in [2.05, 4.69) is 21.7 Å². The fourth-order valence-corrected chi connectivity index (χ4v) is 2.80. The predicted molar refractivity (Wildman–Crippen MR) is 79.1 cm³/mol. The Balaban J connectivity index is 2.05. The Labute approximate surface area is 120 Å². The lowest BCUT2D eigenvalue weighted by Gasteiger charge is -2.28. The van der Waals surface area contributed by atoms with Crippen molar-refractivity contribution in [1.82, 2.24) is 9.88 Å². The third kappa shape index (κ3) is 3.28. The first kappa shape index (κ1) is 14.8. The number of methoxy groups -OCH3 is 1. The van der Waals surface area contributed by atoms with Crippen LogP contribution in [0.15, 0.2) is 18.3 Å². The van der Waals surface area contributed by atoms with Crippen molar-refractivity contribution in [1.29, 1.82) is 0 Å². The van der Waals surface area contributed by atoms with E-state index in [-0.39, 0.29) is 5.97 Å². The molecule has 0 aliphatic carbocycles. The number of hydrogen-bond acceptors (Lipinski definition) is 5. The van der Waals surface area contributed by atoms with Crippen LogP contribution in [0.2, 0.25) is 0 Å². The Morgan fingerprint density at radius 3 is 3.10 bits per heavy atom. The van der Waals surface area contributed by atoms with E-state index in [1.807, 2.05) is 7.05 Å². The number of likely N-dealkylation sites (N-methyl/N-ethyl adjacent to an activating group) is 2. The predicted octanol–water partition coefficient (Wildman–Crippen LogP) is 1.79. The lowest BCUT2D eigenvalue weighted by atomic mass is 10.2. The molecule has 2 heterocycles. The molecule has 5 heteroatoms. The van der Waals surface area contributed by atoms with Crippen LogP contribution < -0.4 is 4.90 Å². The van der Waals surface area contributed by atoms with Gasteiger partial charge in [0, 0.05) is 25.8 Å². The van der Waals surface area contributed by atoms with E-state index >= 15 is 0 Å². The van der Waals surface area contributed by atoms with Gasteiger partial charge in [-0.25, -0.2) is 9.78 Å². The van der Waals surface area contributed by atoms with Gasteiger partial charge in [-0.1, -0.05) is 6.92 Å². The van der Waals surface area contributed by atoms with E-state index in [0.717, 1.165) is 18.9 Å². The lowest BCUT2D eigenvalue weighted by molar-refractivity contribution is 0.0600. The summed E-state index contributed by atoms with van der Waals surface area (Å²) >= 11 is 0. The highest BCUT2D eigenvalue weighted by Crippen LogP contribution is 2.20. The molecule has 0 amide bonds. The number of esters is 1. The van der Waals surface area contributed by atoms with Crippen molar-refractivity contribution < 1.29 is 9.53 Å². The number of carbonyl (C=O) groups is 1. The maximum Gasteiger partial charge on any atom is 0.338 e. The zero-order chi connectivity index (χ0) is 14.5. The second-order valence-electron chi connectivity index (χ2n) is 5.20. The van der Waals surface area contributed by atoms with Gasteiger partial charge in [-0.05, 0) is 38.1 Å². The number of rotatable bonds is 5. The average Bonchev–Trinajstić information content (AvgIpc) is 2.93. The van der Waals surface area contributed by atoms with Gasteiger partial charge in [-0.15, -0.1) is 0 Å². The van der Waals surface area contributed by atoms with Crippen molar-refractivity contribution in [3.63, 3.8) is 0 Å². The molecule has 0 radical (unpaired) electrons. The molecule has 20 heavy (non-hydrogen) atoms. The average molecular weight is 277 g/mol. The van der Waals surface area contributed by atoms with Gasteiger partial charge in [-0.3, -0.25) is 4.90 Å². The molecule has 1 aliphatic heterocycles. The Bertz CT molecular complexity index is 464. The van der Waals surface area contributed by atoms with E-state index in [9.17, 15) is 4.79 Å². The molecule has 1 fully saturated rings. The molecule has 1 saturated heterocycles. The molecule has 1 aromatic heterocycles. The van der Waals surface area contributed by atoms with Gasteiger partial charge in [0.15, 0.2) is 0 Å². The van der Waals surface area contributed by atoms with E-state index in [1.54, 1.807) is 18.3 Å². The molecule has 0 N–H and O–H groups in total. The molecule has 110 valence electrons. The van der Waals surface area contributed by atoms with Gasteiger partial charge in [0.05, 0.1) is 12.7 Å². The Morgan fingerprint density at radius 2 is 2.40 bits per heavy atom. The molecule has 0 aromatic carbocycles. The summed E-state index contributed by atoms with van der Waals surface area (Å²) in [6.45, 7) is 5.42. The number of pyridine rings is 1. The molecule has 1 atom stereocenters. The van der Waals surface area contributed by atoms with Crippen LogP contribution in [-0.4, -0.2) is 55.7 Å². The van der Waals surface area contributed by atoms with Crippen LogP contribution >= 0.6 is 0 Å². The second kappa shape index (κ2) is 6.70. The van der Waals surface area contributed by atoms with E-state index in [4.69, 9.17) is 4.74 Å². The number of carbonyl (C=O) groups excluding carboxylic acids is 1. The number of aromatic nitrogens is 1. The largest absolute Gasteiger partial charge is 0.465 e. The topological polar surface area (TPSA) is 45.7 Å². The van der Waals surface area contributed by atoms with Gasteiger partial charge in [0.25, 0.3) is 0 Å². The minimum Gasteiger partial charge on any atom is -0.465 e. The van der Waals surface area contributed by atoms with Crippen LogP contribution in [0.4, 0.5) is 5.82 Å². The van der Waals surface area contributed by atoms with E-state index in [0.29, 0.717) is 11.6 Å². The van der Waals surface area contributed by atoms with Crippen molar-refractivity contribution in [3.05, 3.63) is 23.9 Å². The van der Waals surface area contributed by atoms with Crippen molar-refractivity contribution >= 4 is 11.8 Å². The Kier molecular flexibility index (Phi) is 4.95. The van der Waals surface area contributed by atoms with Crippen molar-refractivity contribution in [2.45, 2.75) is 25.8 Å². The second-order valence-corrected chi connectivity index (χ2v) is 5.20. The van der Waals surface area contributed by atoms with Gasteiger partial charge in [0.1, 0.15) is 5.82 Å². The molecular formula is C15H23N3O2. The first-order valence-corrected chi connectivity index (χ1v) is 7.15. The Morgan fingerprint density at radius 1 is 1.60 bits per heavy atom. The first-order valence-electron chi connectivity index (χ1n) is 7.15. The van der Waals surface area contributed by atoms with Crippen molar-refractivity contribution in [3.8, 4) is 0 Å². The highest BCUT2D eigenvalue weighted by molar-refractivity contribution is 5.90. The fraction of sp³-hybridized carbons (Fsp3) is 0.600. The van der Waals surface area contributed by atoms with Gasteiger partial charge in [0.2, 0.25) is 0 Å². The van der Waals surface area contributed by atoms with E-state index in [1.165, 1.54) is 26.5 Å². The number of anilines is 1. The number of likely N-dealkylation sites (tertiary alicyclic amines) is 1. The molecule has 1 aromatic rings. The minimum atomic E-state index is -0.321. The molecule has 1 aliphatic rings. The van der Waals surface area contributed by atoms with Crippen LogP contribution in [0.25, 0.3) is 0 Å². The van der Waals surface area contributed by atoms with Crippen LogP contribution in [0.5, 0.6) is 0 Å². The first-order chi connectivity index (χ1) is 9.65. The summed E-state index contributed by atoms with van der Waals surface area (Å²) in [5.74, 6) is 0.494. The molecular weight excluding hydrogens is 254 g/mol. The van der Waals surface area contributed by atoms with Crippen LogP contribution in [0, 0.1) is 0 Å². The van der Waals surface area contributed by atoms with E-state index < -0.39 is 0 Å². The number of hydrogen-bond donors (Lipinski definition) is 0. The quantitative estimate of drug-likeness (QED) is 0.768. The third-order valence-corrected chi connectivity index (χ3v) is 3.95. The normalized spacial score (nSPS) is 19.1. The molecule has 0 spiro atoms. The van der Waals surface area contributed by atoms with Crippen molar-refractivity contribution in [2.75, 3.05) is 38.7 Å². The molecule has 5 nitrogen and oxygen atoms in total. The summed E-state index contributed by atoms with van der Waals surface area (Å²) in [4.78, 5) is 20.5. The summed E-state index contributed by atoms with van der Waals surface area (Å²) in [7, 11) is 3.42. The summed E-state index contributed by atoms with van der Waals surface area (Å²) in [5, 5.41) is 0. The van der Waals surface area contributed by atoms with Crippen LogP contribution in [-0.2, 0) is 4.74 Å². The zero-order valence-corrected chi connectivity index (χ0v) is 12.5. The highest BCUT2D eigenvalue weighted by Gasteiger charge is 2.24. The molecule has 1 unspecified atom stereocenters. The van der Waals surface area contributed by atoms with Crippen molar-refractivity contribution in [2.24, 2.45) is 0 Å². The third-order valence-electron chi connectivity index (χ3n) is 3.95. The van der Waals surface area contributed by atoms with Gasteiger partial charge in [-0.2, -0.15) is 0 Å². The fourth-order valence-electron chi connectivity index (χ4n) is 2.80. The molecule has 0 bridgehead atoms. The molecule has 0 saturated carbocycles. The van der Waals surface area contributed by atoms with Gasteiger partial charge < -0.3 is 9.64 Å². The molecule has 2 rings (SSSR count). The van der Waals surface area contributed by atoms with Gasteiger partial charge >= 0.3 is 5.97 Å². The van der Waals surface area contributed by atoms with Crippen LogP contribution in [0.3, 0.4) is 0 Å². The summed E-state index contributed by atoms with van der Waals surface area (Å²) in [6, 6.07) is 4.04. The number of ether oxygens (including phenoxy) is 1. The number of nitrogens with zero attached hydrogens (tertiary/aromatic N) is 3. The maximum atomic E-state index is 11.6. The van der Waals surface area contributed by atoms with Crippen LogP contribution in [0.1, 0.15) is 30.1 Å². The summed E-state index contributed by atoms with van der Waals surface area (Å²) in [5.41, 5.74) is 0.545. The zero-order valence-electron chi connectivity index (χ0n) is 12.5. The minimum absolute atomic E-state index is 0.321. The SMILES string of the molecule is CCN1CCCC1CN(C)c1cc(C(=O)OC)ccn1. The summed E-state index contributed by atoms with van der Waals surface area (Å²) < 4.78 is 4.75. The smallest absolute Gasteiger partial charge is 0.338 e. The highest BCUT2D eigenvalue weighted by atomic mass is 16.5. The Hall–Kier alpha value is -1.62. The standard InChI is InChI=1S/C15H23N3O2/c1-4-18-9-5-6-13(18)11-17(2)14-10-12(7-8-16-14)15(19)20-3/h7-8,10,13H,4-6,9,11H2,1-3H3.